The molecule has 2 atom stereocenters. The highest BCUT2D eigenvalue weighted by Gasteiger charge is 2.56. The number of hydrogen-bond donors (Lipinski definition) is 0. The fourth-order valence-corrected chi connectivity index (χ4v) is 4.77. The molecule has 144 valence electrons. The van der Waals surface area contributed by atoms with E-state index in [1.165, 1.54) is 5.57 Å². The number of ketones is 1. The van der Waals surface area contributed by atoms with E-state index in [0.29, 0.717) is 6.54 Å². The molecule has 0 bridgehead atoms. The van der Waals surface area contributed by atoms with Crippen molar-refractivity contribution in [2.45, 2.75) is 65.5 Å². The van der Waals surface area contributed by atoms with Gasteiger partial charge in [0.2, 0.25) is 0 Å². The molecule has 0 aromatic carbocycles. The molecule has 1 amide bonds. The van der Waals surface area contributed by atoms with E-state index in [0.717, 1.165) is 30.4 Å². The summed E-state index contributed by atoms with van der Waals surface area (Å²) in [5, 5.41) is 0. The Morgan fingerprint density at radius 1 is 1.31 bits per heavy atom. The lowest BCUT2D eigenvalue weighted by Crippen LogP contribution is -2.44. The minimum atomic E-state index is -0.553. The van der Waals surface area contributed by atoms with Gasteiger partial charge in [0.15, 0.2) is 5.78 Å². The van der Waals surface area contributed by atoms with E-state index in [1.54, 1.807) is 4.90 Å². The first-order valence-corrected chi connectivity index (χ1v) is 9.57. The van der Waals surface area contributed by atoms with Crippen LogP contribution in [0, 0.1) is 11.3 Å². The lowest BCUT2D eigenvalue weighted by molar-refractivity contribution is -0.117. The minimum Gasteiger partial charge on any atom is -0.444 e. The summed E-state index contributed by atoms with van der Waals surface area (Å²) in [4.78, 5) is 30.0. The fourth-order valence-electron chi connectivity index (χ4n) is 4.77. The van der Waals surface area contributed by atoms with Crippen LogP contribution in [0.4, 0.5) is 4.79 Å². The van der Waals surface area contributed by atoms with Gasteiger partial charge in [-0.25, -0.2) is 4.79 Å². The summed E-state index contributed by atoms with van der Waals surface area (Å²) in [6.45, 7) is 10.5. The molecular formula is C21H32N2O3. The first-order chi connectivity index (χ1) is 11.9. The second kappa shape index (κ2) is 6.14. The number of carbonyl (C=O) groups excluding carboxylic acids is 2. The zero-order valence-electron chi connectivity index (χ0n) is 17.2. The summed E-state index contributed by atoms with van der Waals surface area (Å²) in [6, 6.07) is -0.186. The highest BCUT2D eigenvalue weighted by Crippen LogP contribution is 2.54. The van der Waals surface area contributed by atoms with Crippen LogP contribution >= 0.6 is 0 Å². The van der Waals surface area contributed by atoms with Crippen molar-refractivity contribution in [3.8, 4) is 0 Å². The smallest absolute Gasteiger partial charge is 0.411 e. The number of hydrogen-bond acceptors (Lipinski definition) is 4. The molecule has 3 rings (SSSR count). The molecule has 0 saturated carbocycles. The van der Waals surface area contributed by atoms with Gasteiger partial charge >= 0.3 is 6.09 Å². The maximum absolute atomic E-state index is 13.3. The van der Waals surface area contributed by atoms with E-state index in [2.05, 4.69) is 13.8 Å². The zero-order valence-corrected chi connectivity index (χ0v) is 17.2. The van der Waals surface area contributed by atoms with Crippen LogP contribution in [0.1, 0.15) is 53.9 Å². The molecule has 1 aliphatic heterocycles. The Hall–Kier alpha value is -1.78. The second-order valence-corrected chi connectivity index (χ2v) is 9.69. The molecule has 0 spiro atoms. The average Bonchev–Trinajstić information content (AvgIpc) is 2.95. The minimum absolute atomic E-state index is 0.0590. The topological polar surface area (TPSA) is 49.9 Å². The summed E-state index contributed by atoms with van der Waals surface area (Å²) >= 11 is 0. The summed E-state index contributed by atoms with van der Waals surface area (Å²) in [5.74, 6) is -0.0239. The van der Waals surface area contributed by atoms with E-state index in [1.807, 2.05) is 46.0 Å². The number of rotatable bonds is 1. The van der Waals surface area contributed by atoms with E-state index in [9.17, 15) is 9.59 Å². The Balaban J connectivity index is 2.06. The van der Waals surface area contributed by atoms with Crippen molar-refractivity contribution in [2.75, 3.05) is 20.6 Å². The highest BCUT2D eigenvalue weighted by atomic mass is 16.6. The van der Waals surface area contributed by atoms with Crippen LogP contribution in [-0.2, 0) is 9.53 Å². The SMILES string of the molecule is CN(C)/C=C1/CN(C(=O)OC(C)(C)C)C2C3=C(CCCC3(C)C)C(=O)C12. The third kappa shape index (κ3) is 3.17. The van der Waals surface area contributed by atoms with Gasteiger partial charge in [0.25, 0.3) is 0 Å². The molecule has 2 aliphatic carbocycles. The Kier molecular flexibility index (Phi) is 4.48. The van der Waals surface area contributed by atoms with Gasteiger partial charge in [-0.05, 0) is 62.2 Å². The Bertz CT molecular complexity index is 695. The number of fused-ring (bicyclic) bond motifs is 2. The van der Waals surface area contributed by atoms with Crippen molar-refractivity contribution >= 4 is 11.9 Å². The quantitative estimate of drug-likeness (QED) is 0.714. The van der Waals surface area contributed by atoms with E-state index >= 15 is 0 Å². The molecule has 1 saturated heterocycles. The summed E-state index contributed by atoms with van der Waals surface area (Å²) in [5.41, 5.74) is 2.54. The maximum Gasteiger partial charge on any atom is 0.411 e. The lowest BCUT2D eigenvalue weighted by atomic mass is 9.72. The predicted molar refractivity (Wildman–Crippen MR) is 102 cm³/mol. The van der Waals surface area contributed by atoms with Gasteiger partial charge in [0, 0.05) is 26.8 Å². The number of nitrogens with zero attached hydrogens (tertiary/aromatic N) is 2. The number of allylic oxidation sites excluding steroid dienone is 1. The molecule has 5 heteroatoms. The summed E-state index contributed by atoms with van der Waals surface area (Å²) < 4.78 is 5.68. The van der Waals surface area contributed by atoms with Crippen LogP contribution in [0.3, 0.4) is 0 Å². The molecule has 5 nitrogen and oxygen atoms in total. The number of likely N-dealkylation sites (tertiary alicyclic amines) is 1. The predicted octanol–water partition coefficient (Wildman–Crippen LogP) is 3.76. The van der Waals surface area contributed by atoms with Crippen LogP contribution in [0.15, 0.2) is 22.9 Å². The summed E-state index contributed by atoms with van der Waals surface area (Å²) in [7, 11) is 3.91. The van der Waals surface area contributed by atoms with E-state index in [4.69, 9.17) is 4.74 Å². The molecule has 26 heavy (non-hydrogen) atoms. The average molecular weight is 360 g/mol. The van der Waals surface area contributed by atoms with Crippen LogP contribution in [0.2, 0.25) is 0 Å². The number of carbonyl (C=O) groups is 2. The molecule has 0 aromatic heterocycles. The second-order valence-electron chi connectivity index (χ2n) is 9.69. The largest absolute Gasteiger partial charge is 0.444 e. The first-order valence-electron chi connectivity index (χ1n) is 9.57. The van der Waals surface area contributed by atoms with Crippen molar-refractivity contribution in [1.82, 2.24) is 9.80 Å². The summed E-state index contributed by atoms with van der Waals surface area (Å²) in [6.07, 6.45) is 4.61. The van der Waals surface area contributed by atoms with Gasteiger partial charge in [-0.3, -0.25) is 9.69 Å². The van der Waals surface area contributed by atoms with Gasteiger partial charge < -0.3 is 9.64 Å². The van der Waals surface area contributed by atoms with Crippen LogP contribution in [0.25, 0.3) is 0 Å². The molecule has 1 heterocycles. The fraction of sp³-hybridized carbons (Fsp3) is 0.714. The zero-order chi connectivity index (χ0) is 19.4. The van der Waals surface area contributed by atoms with Crippen molar-refractivity contribution in [3.63, 3.8) is 0 Å². The van der Waals surface area contributed by atoms with Crippen molar-refractivity contribution in [2.24, 2.45) is 11.3 Å². The number of amides is 1. The Labute approximate surface area is 157 Å². The highest BCUT2D eigenvalue weighted by molar-refractivity contribution is 6.05. The van der Waals surface area contributed by atoms with Crippen LogP contribution < -0.4 is 0 Å². The van der Waals surface area contributed by atoms with Crippen molar-refractivity contribution in [1.29, 1.82) is 0 Å². The van der Waals surface area contributed by atoms with Gasteiger partial charge in [-0.2, -0.15) is 0 Å². The number of ether oxygens (including phenoxy) is 1. The standard InChI is InChI=1S/C21H32N2O3/c1-20(2,3)26-19(25)23-12-13(11-22(6)7)15-17(23)16-14(18(15)24)9-8-10-21(16,4)5/h11,15,17H,8-10,12H2,1-7H3/b13-11-. The molecular weight excluding hydrogens is 328 g/mol. The third-order valence-electron chi connectivity index (χ3n) is 5.61. The molecule has 0 aromatic rings. The van der Waals surface area contributed by atoms with Crippen LogP contribution in [0.5, 0.6) is 0 Å². The van der Waals surface area contributed by atoms with E-state index < -0.39 is 5.60 Å². The Morgan fingerprint density at radius 2 is 1.96 bits per heavy atom. The van der Waals surface area contributed by atoms with Gasteiger partial charge in [-0.1, -0.05) is 13.8 Å². The van der Waals surface area contributed by atoms with Crippen LogP contribution in [-0.4, -0.2) is 54.0 Å². The van der Waals surface area contributed by atoms with Gasteiger partial charge in [0.05, 0.1) is 12.0 Å². The van der Waals surface area contributed by atoms with Crippen molar-refractivity contribution in [3.05, 3.63) is 22.9 Å². The first kappa shape index (κ1) is 19.0. The van der Waals surface area contributed by atoms with Gasteiger partial charge in [-0.15, -0.1) is 0 Å². The third-order valence-corrected chi connectivity index (χ3v) is 5.61. The normalized spacial score (nSPS) is 29.1. The molecule has 1 fully saturated rings. The molecule has 3 aliphatic rings. The Morgan fingerprint density at radius 3 is 2.54 bits per heavy atom. The molecule has 2 unspecified atom stereocenters. The molecule has 0 N–H and O–H groups in total. The van der Waals surface area contributed by atoms with Crippen molar-refractivity contribution < 1.29 is 14.3 Å². The molecule has 0 radical (unpaired) electrons. The monoisotopic (exact) mass is 360 g/mol. The maximum atomic E-state index is 13.3. The van der Waals surface area contributed by atoms with E-state index in [-0.39, 0.29) is 29.3 Å². The number of Topliss-reactive ketones (excluding diaryl/α,β-unsaturated/α-hetero) is 1. The van der Waals surface area contributed by atoms with Gasteiger partial charge in [0.1, 0.15) is 5.60 Å². The lowest BCUT2D eigenvalue weighted by Gasteiger charge is -2.38.